The van der Waals surface area contributed by atoms with Gasteiger partial charge in [-0.25, -0.2) is 9.13 Å². The van der Waals surface area contributed by atoms with E-state index in [0.717, 1.165) is 84.8 Å². The minimum atomic E-state index is 0.522. The molecule has 0 fully saturated rings. The summed E-state index contributed by atoms with van der Waals surface area (Å²) in [5, 5.41) is 2.04. The van der Waals surface area contributed by atoms with Crippen molar-refractivity contribution < 1.29 is 18.1 Å². The topological polar surface area (TPSA) is 40.0 Å². The van der Waals surface area contributed by atoms with Crippen LogP contribution in [0.1, 0.15) is 40.9 Å². The minimum absolute atomic E-state index is 0.522. The third-order valence-corrected chi connectivity index (χ3v) is 14.6. The number of nitrogens with zero attached hydrogens (tertiary/aromatic N) is 8. The Morgan fingerprint density at radius 3 is 1.64 bits per heavy atom. The van der Waals surface area contributed by atoms with E-state index in [1.165, 1.54) is 43.0 Å². The van der Waals surface area contributed by atoms with Crippen LogP contribution in [0.5, 0.6) is 0 Å². The van der Waals surface area contributed by atoms with Crippen molar-refractivity contribution in [2.45, 2.75) is 25.8 Å². The molecule has 6 aromatic rings. The molecule has 8 nitrogen and oxygen atoms in total. The number of hydrogen-bond acceptors (Lipinski definition) is 6. The molecule has 8 rings (SSSR count). The van der Waals surface area contributed by atoms with Gasteiger partial charge in [0.25, 0.3) is 0 Å². The first-order valence-electron chi connectivity index (χ1n) is 20.3. The fourth-order valence-electron chi connectivity index (χ4n) is 8.41. The minimum Gasteiger partial charge on any atom is -0.347 e. The van der Waals surface area contributed by atoms with Gasteiger partial charge in [0, 0.05) is 73.0 Å². The number of rotatable bonds is 13. The van der Waals surface area contributed by atoms with E-state index in [1.807, 2.05) is 14.1 Å². The van der Waals surface area contributed by atoms with E-state index in [0.29, 0.717) is 6.04 Å². The number of pyridine rings is 2. The molecule has 2 aromatic carbocycles. The second kappa shape index (κ2) is 17.1. The Bertz CT molecular complexity index is 2650. The van der Waals surface area contributed by atoms with Gasteiger partial charge in [-0.15, -0.1) is 0 Å². The molecule has 0 N–H and O–H groups in total. The van der Waals surface area contributed by atoms with Crippen LogP contribution in [0.25, 0.3) is 44.0 Å². The predicted molar refractivity (Wildman–Crippen MR) is 256 cm³/mol. The molecule has 0 radical (unpaired) electrons. The quantitative estimate of drug-likeness (QED) is 0.0855. The van der Waals surface area contributed by atoms with Gasteiger partial charge >= 0.3 is 11.3 Å². The molecule has 12 heteroatoms. The number of allylic oxidation sites excluding steroid dienone is 4. The highest BCUT2D eigenvalue weighted by Gasteiger charge is 2.31. The van der Waals surface area contributed by atoms with Gasteiger partial charge in [0.2, 0.25) is 10.0 Å². The maximum Gasteiger partial charge on any atom is 0.342 e. The average Bonchev–Trinajstić information content (AvgIpc) is 3.80. The summed E-state index contributed by atoms with van der Waals surface area (Å²) in [5.41, 5.74) is 9.46. The van der Waals surface area contributed by atoms with Gasteiger partial charge in [0.15, 0.2) is 0 Å². The van der Waals surface area contributed by atoms with Crippen LogP contribution in [0.4, 0.5) is 11.4 Å². The Hall–Kier alpha value is -4.04. The van der Waals surface area contributed by atoms with Crippen LogP contribution in [0.2, 0.25) is 0 Å². The van der Waals surface area contributed by atoms with Gasteiger partial charge < -0.3 is 18.8 Å². The van der Waals surface area contributed by atoms with Crippen LogP contribution in [-0.2, 0) is 14.1 Å². The lowest BCUT2D eigenvalue weighted by Gasteiger charge is -2.41. The van der Waals surface area contributed by atoms with E-state index in [2.05, 4.69) is 196 Å². The van der Waals surface area contributed by atoms with E-state index in [9.17, 15) is 0 Å². The average molecular weight is 955 g/mol. The Morgan fingerprint density at radius 2 is 1.15 bits per heavy atom. The molecule has 6 heterocycles. The number of thiazole rings is 2. The number of hydrogen-bond donors (Lipinski definition) is 0. The number of aromatic nitrogens is 4. The number of para-hydroxylation sites is 2. The van der Waals surface area contributed by atoms with Gasteiger partial charge in [0.05, 0.1) is 64.3 Å². The van der Waals surface area contributed by atoms with E-state index in [4.69, 9.17) is 9.97 Å². The van der Waals surface area contributed by atoms with Crippen molar-refractivity contribution in [1.29, 1.82) is 0 Å². The lowest BCUT2D eigenvalue weighted by Crippen LogP contribution is -2.57. The number of anilines is 2. The molecule has 0 spiro atoms. The zero-order valence-corrected chi connectivity index (χ0v) is 39.9. The van der Waals surface area contributed by atoms with Gasteiger partial charge in [-0.05, 0) is 96.3 Å². The highest BCUT2D eigenvalue weighted by atomic mass is 79.9. The number of likely N-dealkylation sites (N-methyl/N-ethyl adjacent to an activating group) is 2. The third kappa shape index (κ3) is 9.33. The lowest BCUT2D eigenvalue weighted by atomic mass is 9.99. The van der Waals surface area contributed by atoms with Crippen molar-refractivity contribution in [3.05, 3.63) is 128 Å². The number of aryl methyl sites for hydroxylation is 2. The standard InChI is InChI=1S/C47H54Br2N8S2/c1-33(57(6,7)25-13-21-55-23-19-35(39-15-9-11-17-41(39)55)27-45-51-47-43(59-45)29-37(49)31-53(47)3)32-56(4,5)24-12-20-54-22-18-34(38-14-8-10-16-40(38)54)26-44-50-46-42(58-44)28-36(48)30-52(46)2/h8-11,14-19,22-23,26-31,33H,12-13,20-21,24-25,32H2,1-7H3/q+4. The maximum atomic E-state index is 4.95. The molecule has 1 unspecified atom stereocenters. The van der Waals surface area contributed by atoms with Gasteiger partial charge in [-0.2, -0.15) is 0 Å². The normalized spacial score (nSPS) is 16.2. The fourth-order valence-corrected chi connectivity index (χ4v) is 11.8. The number of benzene rings is 2. The highest BCUT2D eigenvalue weighted by Crippen LogP contribution is 2.37. The van der Waals surface area contributed by atoms with Gasteiger partial charge in [-0.1, -0.05) is 59.1 Å². The molecule has 2 aliphatic heterocycles. The molecule has 1 atom stereocenters. The molecule has 0 saturated heterocycles. The molecule has 0 amide bonds. The summed E-state index contributed by atoms with van der Waals surface area (Å²) in [6.07, 6.45) is 19.8. The molecule has 0 bridgehead atoms. The van der Waals surface area contributed by atoms with Crippen molar-refractivity contribution in [3.8, 4) is 0 Å². The monoisotopic (exact) mass is 952 g/mol. The molecular weight excluding hydrogens is 901 g/mol. The van der Waals surface area contributed by atoms with Crippen LogP contribution in [0, 0.1) is 0 Å². The van der Waals surface area contributed by atoms with E-state index in [1.54, 1.807) is 22.7 Å². The van der Waals surface area contributed by atoms with Gasteiger partial charge in [-0.3, -0.25) is 0 Å². The molecule has 2 aliphatic rings. The zero-order chi connectivity index (χ0) is 41.5. The zero-order valence-electron chi connectivity index (χ0n) is 35.1. The Labute approximate surface area is 373 Å². The number of fused-ring (bicyclic) bond motifs is 4. The highest BCUT2D eigenvalue weighted by molar-refractivity contribution is 9.10. The first-order valence-corrected chi connectivity index (χ1v) is 23.5. The summed E-state index contributed by atoms with van der Waals surface area (Å²) < 4.78 is 10.6. The van der Waals surface area contributed by atoms with Crippen LogP contribution in [0.3, 0.4) is 0 Å². The maximum absolute atomic E-state index is 4.95. The summed E-state index contributed by atoms with van der Waals surface area (Å²) in [4.78, 5) is 14.8. The fraction of sp³-hybridized carbons (Fsp3) is 0.319. The first-order chi connectivity index (χ1) is 28.2. The molecule has 0 saturated carbocycles. The number of halogens is 2. The van der Waals surface area contributed by atoms with Crippen LogP contribution >= 0.6 is 54.5 Å². The number of quaternary nitrogens is 2. The van der Waals surface area contributed by atoms with Crippen molar-refractivity contribution in [2.75, 3.05) is 70.7 Å². The molecule has 0 aliphatic carbocycles. The largest absolute Gasteiger partial charge is 0.347 e. The summed E-state index contributed by atoms with van der Waals surface area (Å²) in [6.45, 7) is 7.78. The first kappa shape index (κ1) is 41.7. The molecule has 59 heavy (non-hydrogen) atoms. The Balaban J connectivity index is 0.851. The second-order valence-corrected chi connectivity index (χ2v) is 21.1. The molecule has 4 aromatic heterocycles. The van der Waals surface area contributed by atoms with Crippen molar-refractivity contribution in [2.24, 2.45) is 14.1 Å². The molecule has 304 valence electrons. The third-order valence-electron chi connectivity index (χ3n) is 11.9. The smallest absolute Gasteiger partial charge is 0.342 e. The second-order valence-electron chi connectivity index (χ2n) is 17.2. The van der Waals surface area contributed by atoms with Crippen molar-refractivity contribution in [1.82, 2.24) is 9.97 Å². The predicted octanol–water partition coefficient (Wildman–Crippen LogP) is 9.85. The van der Waals surface area contributed by atoms with Crippen molar-refractivity contribution >= 4 is 110 Å². The van der Waals surface area contributed by atoms with E-state index in [-0.39, 0.29) is 0 Å². The SMILES string of the molecule is CC(C[N+](C)(C)CCCN1C=C/C(=C\c2nc3c(cc(Br)c[n+]3C)s2)c2ccccc21)[N+](C)(C)CCCN1C=C/C(=C\c2nc3c(cc(Br)c[n+]3C)s2)c2ccccc21. The van der Waals surface area contributed by atoms with Crippen LogP contribution in [-0.4, -0.2) is 85.9 Å². The summed E-state index contributed by atoms with van der Waals surface area (Å²) >= 11 is 10.7. The summed E-state index contributed by atoms with van der Waals surface area (Å²) in [5.74, 6) is 0. The summed E-state index contributed by atoms with van der Waals surface area (Å²) in [7, 11) is 13.7. The molecular formula is C47H54Br2N8S2+4. The van der Waals surface area contributed by atoms with Crippen LogP contribution < -0.4 is 18.9 Å². The van der Waals surface area contributed by atoms with Gasteiger partial charge in [0.1, 0.15) is 34.4 Å². The van der Waals surface area contributed by atoms with E-state index < -0.39 is 0 Å². The summed E-state index contributed by atoms with van der Waals surface area (Å²) in [6, 6.07) is 22.4. The Kier molecular flexibility index (Phi) is 12.1. The Morgan fingerprint density at radius 1 is 0.695 bits per heavy atom. The van der Waals surface area contributed by atoms with Crippen molar-refractivity contribution in [3.63, 3.8) is 0 Å². The lowest BCUT2D eigenvalue weighted by molar-refractivity contribution is -0.963. The van der Waals surface area contributed by atoms with Crippen LogP contribution in [0.15, 0.2) is 107 Å². The van der Waals surface area contributed by atoms with E-state index >= 15 is 0 Å².